The van der Waals surface area contributed by atoms with Gasteiger partial charge in [0, 0.05) is 13.0 Å². The van der Waals surface area contributed by atoms with Crippen molar-refractivity contribution in [3.05, 3.63) is 0 Å². The Balaban J connectivity index is 2.35. The average Bonchev–Trinajstić information content (AvgIpc) is 2.63. The number of hydrogen-bond acceptors (Lipinski definition) is 4. The molecule has 0 aliphatic heterocycles. The molecule has 4 heteroatoms. The average molecular weight is 229 g/mol. The van der Waals surface area contributed by atoms with Crippen LogP contribution in [-0.4, -0.2) is 30.8 Å². The highest BCUT2D eigenvalue weighted by molar-refractivity contribution is 5.81. The summed E-state index contributed by atoms with van der Waals surface area (Å²) in [4.78, 5) is 11.6. The summed E-state index contributed by atoms with van der Waals surface area (Å²) in [5, 5.41) is 0. The second kappa shape index (κ2) is 6.21. The molecule has 1 aliphatic rings. The van der Waals surface area contributed by atoms with Crippen LogP contribution in [0.1, 0.15) is 46.0 Å². The molecule has 1 saturated carbocycles. The van der Waals surface area contributed by atoms with Gasteiger partial charge in [0.2, 0.25) is 0 Å². The molecular formula is C12H23NO3. The second-order valence-corrected chi connectivity index (χ2v) is 4.47. The van der Waals surface area contributed by atoms with Crippen LogP contribution in [0.3, 0.4) is 0 Å². The number of hydrogen-bond donors (Lipinski definition) is 1. The lowest BCUT2D eigenvalue weighted by Gasteiger charge is -2.21. The van der Waals surface area contributed by atoms with Crippen molar-refractivity contribution in [2.45, 2.75) is 57.6 Å². The van der Waals surface area contributed by atoms with Crippen LogP contribution in [0.4, 0.5) is 0 Å². The lowest BCUT2D eigenvalue weighted by atomic mass is 9.99. The molecule has 0 heterocycles. The van der Waals surface area contributed by atoms with Crippen molar-refractivity contribution >= 4 is 5.97 Å². The molecule has 2 N–H and O–H groups in total. The number of ether oxygens (including phenoxy) is 2. The highest BCUT2D eigenvalue weighted by atomic mass is 16.5. The zero-order valence-electron chi connectivity index (χ0n) is 10.3. The van der Waals surface area contributed by atoms with Crippen LogP contribution in [0.15, 0.2) is 0 Å². The number of nitrogens with two attached hydrogens (primary N) is 1. The van der Waals surface area contributed by atoms with Crippen LogP contribution in [0, 0.1) is 0 Å². The molecule has 0 saturated heterocycles. The van der Waals surface area contributed by atoms with Gasteiger partial charge in [-0.1, -0.05) is 13.3 Å². The zero-order valence-corrected chi connectivity index (χ0v) is 10.3. The SMILES string of the molecule is CCCCOC1CCC(N)(C(=O)OCC)C1. The zero-order chi connectivity index (χ0) is 12.0. The number of unbranched alkanes of at least 4 members (excludes halogenated alkanes) is 1. The Morgan fingerprint density at radius 3 is 2.88 bits per heavy atom. The van der Waals surface area contributed by atoms with E-state index in [1.807, 2.05) is 0 Å². The molecule has 4 nitrogen and oxygen atoms in total. The van der Waals surface area contributed by atoms with Gasteiger partial charge < -0.3 is 15.2 Å². The molecule has 0 amide bonds. The molecule has 16 heavy (non-hydrogen) atoms. The normalized spacial score (nSPS) is 29.3. The minimum Gasteiger partial charge on any atom is -0.465 e. The summed E-state index contributed by atoms with van der Waals surface area (Å²) in [5.41, 5.74) is 5.22. The van der Waals surface area contributed by atoms with Gasteiger partial charge in [-0.25, -0.2) is 0 Å². The van der Waals surface area contributed by atoms with Gasteiger partial charge in [0.25, 0.3) is 0 Å². The number of carbonyl (C=O) groups is 1. The van der Waals surface area contributed by atoms with Crippen molar-refractivity contribution in [3.63, 3.8) is 0 Å². The molecule has 1 fully saturated rings. The largest absolute Gasteiger partial charge is 0.465 e. The van der Waals surface area contributed by atoms with E-state index < -0.39 is 5.54 Å². The summed E-state index contributed by atoms with van der Waals surface area (Å²) in [6, 6.07) is 0. The molecule has 1 aliphatic carbocycles. The van der Waals surface area contributed by atoms with Gasteiger partial charge in [-0.3, -0.25) is 4.79 Å². The smallest absolute Gasteiger partial charge is 0.326 e. The van der Waals surface area contributed by atoms with E-state index >= 15 is 0 Å². The van der Waals surface area contributed by atoms with Crippen molar-refractivity contribution in [2.24, 2.45) is 5.73 Å². The number of carbonyl (C=O) groups excluding carboxylic acids is 1. The third-order valence-electron chi connectivity index (χ3n) is 3.04. The molecule has 94 valence electrons. The molecule has 0 spiro atoms. The number of rotatable bonds is 6. The quantitative estimate of drug-likeness (QED) is 0.555. The maximum Gasteiger partial charge on any atom is 0.326 e. The van der Waals surface area contributed by atoms with E-state index in [0.29, 0.717) is 19.4 Å². The van der Waals surface area contributed by atoms with E-state index in [0.717, 1.165) is 25.9 Å². The van der Waals surface area contributed by atoms with Crippen LogP contribution >= 0.6 is 0 Å². The van der Waals surface area contributed by atoms with E-state index in [9.17, 15) is 4.79 Å². The molecule has 0 aromatic rings. The lowest BCUT2D eigenvalue weighted by molar-refractivity contribution is -0.149. The summed E-state index contributed by atoms with van der Waals surface area (Å²) >= 11 is 0. The van der Waals surface area contributed by atoms with Gasteiger partial charge in [-0.15, -0.1) is 0 Å². The predicted octanol–water partition coefficient (Wildman–Crippen LogP) is 1.62. The predicted molar refractivity (Wildman–Crippen MR) is 62.1 cm³/mol. The minimum absolute atomic E-state index is 0.126. The van der Waals surface area contributed by atoms with Crippen LogP contribution in [0.25, 0.3) is 0 Å². The van der Waals surface area contributed by atoms with Crippen LogP contribution in [-0.2, 0) is 14.3 Å². The van der Waals surface area contributed by atoms with E-state index in [4.69, 9.17) is 15.2 Å². The van der Waals surface area contributed by atoms with E-state index in [2.05, 4.69) is 6.92 Å². The first-order valence-electron chi connectivity index (χ1n) is 6.20. The molecule has 1 rings (SSSR count). The van der Waals surface area contributed by atoms with Gasteiger partial charge in [0.15, 0.2) is 0 Å². The van der Waals surface area contributed by atoms with Crippen molar-refractivity contribution in [1.29, 1.82) is 0 Å². The molecule has 2 atom stereocenters. The van der Waals surface area contributed by atoms with Gasteiger partial charge in [0.05, 0.1) is 12.7 Å². The molecule has 0 aromatic heterocycles. The Labute approximate surface area is 97.5 Å². The first-order valence-corrected chi connectivity index (χ1v) is 6.20. The highest BCUT2D eigenvalue weighted by Gasteiger charge is 2.43. The standard InChI is InChI=1S/C12H23NO3/c1-3-5-8-16-10-6-7-12(13,9-10)11(14)15-4-2/h10H,3-9,13H2,1-2H3. The topological polar surface area (TPSA) is 61.5 Å². The van der Waals surface area contributed by atoms with Crippen molar-refractivity contribution in [2.75, 3.05) is 13.2 Å². The Bertz CT molecular complexity index is 232. The summed E-state index contributed by atoms with van der Waals surface area (Å²) in [6.07, 6.45) is 4.43. The van der Waals surface area contributed by atoms with E-state index in [-0.39, 0.29) is 12.1 Å². The Morgan fingerprint density at radius 2 is 2.25 bits per heavy atom. The first kappa shape index (κ1) is 13.5. The fraction of sp³-hybridized carbons (Fsp3) is 0.917. The Kier molecular flexibility index (Phi) is 5.22. The fourth-order valence-corrected chi connectivity index (χ4v) is 2.03. The maximum absolute atomic E-state index is 11.6. The summed E-state index contributed by atoms with van der Waals surface area (Å²) in [6.45, 7) is 5.08. The molecule has 0 bridgehead atoms. The molecule has 0 radical (unpaired) electrons. The Morgan fingerprint density at radius 1 is 1.50 bits per heavy atom. The van der Waals surface area contributed by atoms with E-state index in [1.54, 1.807) is 6.92 Å². The molecule has 0 aromatic carbocycles. The van der Waals surface area contributed by atoms with Crippen LogP contribution in [0.5, 0.6) is 0 Å². The fourth-order valence-electron chi connectivity index (χ4n) is 2.03. The highest BCUT2D eigenvalue weighted by Crippen LogP contribution is 2.31. The monoisotopic (exact) mass is 229 g/mol. The third kappa shape index (κ3) is 3.46. The summed E-state index contributed by atoms with van der Waals surface area (Å²) in [5.74, 6) is -0.281. The lowest BCUT2D eigenvalue weighted by Crippen LogP contribution is -2.47. The van der Waals surface area contributed by atoms with Gasteiger partial charge >= 0.3 is 5.97 Å². The van der Waals surface area contributed by atoms with E-state index in [1.165, 1.54) is 0 Å². The molecule has 2 unspecified atom stereocenters. The van der Waals surface area contributed by atoms with Crippen molar-refractivity contribution in [1.82, 2.24) is 0 Å². The number of esters is 1. The molecular weight excluding hydrogens is 206 g/mol. The maximum atomic E-state index is 11.6. The van der Waals surface area contributed by atoms with Gasteiger partial charge in [-0.2, -0.15) is 0 Å². The minimum atomic E-state index is -0.813. The summed E-state index contributed by atoms with van der Waals surface area (Å²) in [7, 11) is 0. The van der Waals surface area contributed by atoms with Gasteiger partial charge in [-0.05, 0) is 26.2 Å². The first-order chi connectivity index (χ1) is 7.62. The van der Waals surface area contributed by atoms with Crippen molar-refractivity contribution in [3.8, 4) is 0 Å². The second-order valence-electron chi connectivity index (χ2n) is 4.47. The van der Waals surface area contributed by atoms with Gasteiger partial charge in [0.1, 0.15) is 5.54 Å². The van der Waals surface area contributed by atoms with Crippen LogP contribution in [0.2, 0.25) is 0 Å². The summed E-state index contributed by atoms with van der Waals surface area (Å²) < 4.78 is 10.7. The Hall–Kier alpha value is -0.610. The van der Waals surface area contributed by atoms with Crippen molar-refractivity contribution < 1.29 is 14.3 Å². The van der Waals surface area contributed by atoms with Crippen LogP contribution < -0.4 is 5.73 Å². The third-order valence-corrected chi connectivity index (χ3v) is 3.04.